The van der Waals surface area contributed by atoms with Gasteiger partial charge >= 0.3 is 0 Å². The summed E-state index contributed by atoms with van der Waals surface area (Å²) < 4.78 is 0. The Bertz CT molecular complexity index is 683. The first-order valence-electron chi connectivity index (χ1n) is 8.21. The molecule has 7 N–H and O–H groups in total. The van der Waals surface area contributed by atoms with E-state index in [4.69, 9.17) is 22.3 Å². The second kappa shape index (κ2) is 7.88. The van der Waals surface area contributed by atoms with Crippen molar-refractivity contribution in [2.45, 2.75) is 32.7 Å². The molecule has 0 amide bonds. The van der Waals surface area contributed by atoms with Crippen LogP contribution in [0.3, 0.4) is 0 Å². The molecule has 0 spiro atoms. The third-order valence-electron chi connectivity index (χ3n) is 4.21. The number of nitrogens with two attached hydrogens (primary N) is 2. The molecule has 1 aliphatic heterocycles. The summed E-state index contributed by atoms with van der Waals surface area (Å²) in [6.07, 6.45) is 5.88. The van der Waals surface area contributed by atoms with E-state index in [9.17, 15) is 0 Å². The zero-order chi connectivity index (χ0) is 17.7. The minimum Gasteiger partial charge on any atom is -0.398 e. The lowest BCUT2D eigenvalue weighted by atomic mass is 9.95. The Hall–Kier alpha value is -2.47. The summed E-state index contributed by atoms with van der Waals surface area (Å²) in [6.45, 7) is 4.80. The predicted octanol–water partition coefficient (Wildman–Crippen LogP) is 2.28. The topological polar surface area (TPSA) is 124 Å². The first-order chi connectivity index (χ1) is 11.4. The molecule has 1 heterocycles. The highest BCUT2D eigenvalue weighted by Gasteiger charge is 2.19. The first-order valence-corrected chi connectivity index (χ1v) is 8.21. The maximum Gasteiger partial charge on any atom is 0.153 e. The predicted molar refractivity (Wildman–Crippen MR) is 101 cm³/mol. The van der Waals surface area contributed by atoms with Crippen LogP contribution in [0.4, 0.5) is 5.69 Å². The molecular formula is C18H26N6. The van der Waals surface area contributed by atoms with Crippen LogP contribution in [0.2, 0.25) is 0 Å². The van der Waals surface area contributed by atoms with Crippen molar-refractivity contribution >= 4 is 23.1 Å². The van der Waals surface area contributed by atoms with Crippen LogP contribution in [-0.4, -0.2) is 30.0 Å². The molecule has 6 heteroatoms. The van der Waals surface area contributed by atoms with E-state index in [0.717, 1.165) is 19.4 Å². The Morgan fingerprint density at radius 1 is 1.42 bits per heavy atom. The number of benzene rings is 1. The smallest absolute Gasteiger partial charge is 0.153 e. The summed E-state index contributed by atoms with van der Waals surface area (Å²) in [5.74, 6) is 0.486. The van der Waals surface area contributed by atoms with Crippen molar-refractivity contribution in [1.29, 1.82) is 10.8 Å². The number of allylic oxidation sites excluding steroid dienone is 2. The molecule has 0 bridgehead atoms. The van der Waals surface area contributed by atoms with Crippen LogP contribution in [0, 0.1) is 16.7 Å². The van der Waals surface area contributed by atoms with E-state index < -0.39 is 0 Å². The second-order valence-electron chi connectivity index (χ2n) is 6.06. The zero-order valence-corrected chi connectivity index (χ0v) is 14.3. The molecule has 1 aromatic carbocycles. The summed E-state index contributed by atoms with van der Waals surface area (Å²) in [4.78, 5) is 4.23. The van der Waals surface area contributed by atoms with E-state index in [0.29, 0.717) is 28.4 Å². The molecular weight excluding hydrogens is 300 g/mol. The lowest BCUT2D eigenvalue weighted by Gasteiger charge is -2.14. The van der Waals surface area contributed by atoms with Crippen molar-refractivity contribution < 1.29 is 0 Å². The highest BCUT2D eigenvalue weighted by Crippen LogP contribution is 2.20. The monoisotopic (exact) mass is 326 g/mol. The van der Waals surface area contributed by atoms with E-state index in [1.165, 1.54) is 0 Å². The highest BCUT2D eigenvalue weighted by atomic mass is 15.0. The van der Waals surface area contributed by atoms with Crippen molar-refractivity contribution in [1.82, 2.24) is 5.32 Å². The SMILES string of the molecule is C/C=C\C(C)C(=N)c1cc(C(=N)N=C(N)C2CCCN2)ccc1N. The molecule has 2 atom stereocenters. The first kappa shape index (κ1) is 17.9. The fourth-order valence-corrected chi connectivity index (χ4v) is 2.78. The third kappa shape index (κ3) is 4.08. The van der Waals surface area contributed by atoms with Gasteiger partial charge in [0, 0.05) is 28.4 Å². The van der Waals surface area contributed by atoms with Gasteiger partial charge in [-0.05, 0) is 44.5 Å². The standard InChI is InChI=1S/C18H26N6/c1-3-5-11(2)16(20)13-10-12(7-8-14(13)19)17(21)24-18(22)15-6-4-9-23-15/h3,5,7-8,10-11,15,20,23H,4,6,9,19H2,1-2H3,(H3,21,22,24)/b5-3-,20-16?. The van der Waals surface area contributed by atoms with Crippen LogP contribution in [0.15, 0.2) is 35.3 Å². The maximum absolute atomic E-state index is 8.32. The van der Waals surface area contributed by atoms with Gasteiger partial charge in [0.15, 0.2) is 5.84 Å². The summed E-state index contributed by atoms with van der Waals surface area (Å²) in [5, 5.41) is 19.8. The molecule has 2 unspecified atom stereocenters. The highest BCUT2D eigenvalue weighted by molar-refractivity contribution is 6.10. The van der Waals surface area contributed by atoms with Crippen LogP contribution < -0.4 is 16.8 Å². The van der Waals surface area contributed by atoms with Crippen molar-refractivity contribution in [2.24, 2.45) is 16.6 Å². The number of rotatable bonds is 5. The number of amidine groups is 2. The average molecular weight is 326 g/mol. The van der Waals surface area contributed by atoms with Crippen molar-refractivity contribution in [3.05, 3.63) is 41.5 Å². The van der Waals surface area contributed by atoms with Crippen LogP contribution in [0.5, 0.6) is 0 Å². The van der Waals surface area contributed by atoms with Gasteiger partial charge in [-0.25, -0.2) is 4.99 Å². The Morgan fingerprint density at radius 3 is 2.79 bits per heavy atom. The maximum atomic E-state index is 8.32. The van der Waals surface area contributed by atoms with Gasteiger partial charge in [0.05, 0.1) is 6.04 Å². The van der Waals surface area contributed by atoms with Crippen LogP contribution in [0.1, 0.15) is 37.8 Å². The van der Waals surface area contributed by atoms with E-state index in [1.54, 1.807) is 18.2 Å². The Morgan fingerprint density at radius 2 is 2.17 bits per heavy atom. The fraction of sp³-hybridized carbons (Fsp3) is 0.389. The second-order valence-corrected chi connectivity index (χ2v) is 6.06. The Labute approximate surface area is 143 Å². The molecule has 1 saturated heterocycles. The normalized spacial score (nSPS) is 19.6. The molecule has 128 valence electrons. The van der Waals surface area contributed by atoms with Gasteiger partial charge in [-0.1, -0.05) is 19.1 Å². The zero-order valence-electron chi connectivity index (χ0n) is 14.3. The minimum absolute atomic E-state index is 0.0435. The molecule has 1 aromatic rings. The molecule has 0 radical (unpaired) electrons. The van der Waals surface area contributed by atoms with Gasteiger partial charge in [-0.3, -0.25) is 5.41 Å². The van der Waals surface area contributed by atoms with Gasteiger partial charge in [0.25, 0.3) is 0 Å². The van der Waals surface area contributed by atoms with Crippen LogP contribution in [-0.2, 0) is 0 Å². The molecule has 1 aliphatic rings. The molecule has 0 aliphatic carbocycles. The Kier molecular flexibility index (Phi) is 5.87. The van der Waals surface area contributed by atoms with Gasteiger partial charge in [-0.15, -0.1) is 0 Å². The van der Waals surface area contributed by atoms with Gasteiger partial charge in [-0.2, -0.15) is 0 Å². The van der Waals surface area contributed by atoms with Gasteiger partial charge in [0.2, 0.25) is 0 Å². The van der Waals surface area contributed by atoms with Crippen molar-refractivity contribution in [3.63, 3.8) is 0 Å². The van der Waals surface area contributed by atoms with E-state index >= 15 is 0 Å². The molecule has 1 fully saturated rings. The number of nitrogen functional groups attached to an aromatic ring is 1. The minimum atomic E-state index is -0.0435. The van der Waals surface area contributed by atoms with E-state index in [-0.39, 0.29) is 17.8 Å². The van der Waals surface area contributed by atoms with Crippen LogP contribution in [0.25, 0.3) is 0 Å². The Balaban J connectivity index is 2.25. The molecule has 6 nitrogen and oxygen atoms in total. The lowest BCUT2D eigenvalue weighted by molar-refractivity contribution is 0.757. The molecule has 0 saturated carbocycles. The molecule has 2 rings (SSSR count). The van der Waals surface area contributed by atoms with Gasteiger partial charge < -0.3 is 22.2 Å². The number of aliphatic imine (C=N–C) groups is 1. The summed E-state index contributed by atoms with van der Waals surface area (Å²) >= 11 is 0. The number of nitrogens with one attached hydrogen (secondary N) is 3. The van der Waals surface area contributed by atoms with E-state index in [2.05, 4.69) is 10.3 Å². The summed E-state index contributed by atoms with van der Waals surface area (Å²) in [7, 11) is 0. The van der Waals surface area contributed by atoms with Crippen molar-refractivity contribution in [2.75, 3.05) is 12.3 Å². The number of anilines is 1. The fourth-order valence-electron chi connectivity index (χ4n) is 2.78. The van der Waals surface area contributed by atoms with Gasteiger partial charge in [0.1, 0.15) is 5.84 Å². The largest absolute Gasteiger partial charge is 0.398 e. The molecule has 0 aromatic heterocycles. The summed E-state index contributed by atoms with van der Waals surface area (Å²) in [5.41, 5.74) is 14.2. The number of hydrogen-bond acceptors (Lipinski definition) is 4. The van der Waals surface area contributed by atoms with E-state index in [1.807, 2.05) is 26.0 Å². The number of hydrogen-bond donors (Lipinski definition) is 5. The molecule has 24 heavy (non-hydrogen) atoms. The quantitative estimate of drug-likeness (QED) is 0.247. The van der Waals surface area contributed by atoms with Crippen LogP contribution >= 0.6 is 0 Å². The number of nitrogens with zero attached hydrogens (tertiary/aromatic N) is 1. The summed E-state index contributed by atoms with van der Waals surface area (Å²) in [6, 6.07) is 5.26. The average Bonchev–Trinajstić information content (AvgIpc) is 3.09. The third-order valence-corrected chi connectivity index (χ3v) is 4.21. The lowest BCUT2D eigenvalue weighted by Crippen LogP contribution is -2.37. The van der Waals surface area contributed by atoms with Crippen molar-refractivity contribution in [3.8, 4) is 0 Å².